The number of nitrogen functional groups attached to an aromatic ring is 1. The van der Waals surface area contributed by atoms with Crippen LogP contribution in [0.15, 0.2) is 12.1 Å². The minimum Gasteiger partial charge on any atom is -0.398 e. The number of nitrogens with two attached hydrogens (primary N) is 1. The van der Waals surface area contributed by atoms with Gasteiger partial charge in [0.15, 0.2) is 0 Å². The smallest absolute Gasteiger partial charge is 0.299 e. The van der Waals surface area contributed by atoms with Crippen LogP contribution in [0.25, 0.3) is 0 Å². The van der Waals surface area contributed by atoms with Gasteiger partial charge in [0, 0.05) is 11.8 Å². The topological polar surface area (TPSA) is 69.4 Å². The van der Waals surface area contributed by atoms with E-state index in [-0.39, 0.29) is 0 Å². The first-order valence-corrected chi connectivity index (χ1v) is 4.79. The number of hydrogen-bond acceptors (Lipinski definition) is 4. The Balaban J connectivity index is 3.15. The molecule has 13 heavy (non-hydrogen) atoms. The highest BCUT2D eigenvalue weighted by Crippen LogP contribution is 2.24. The van der Waals surface area contributed by atoms with Crippen molar-refractivity contribution in [3.8, 4) is 5.75 Å². The Bertz CT molecular complexity index is 391. The summed E-state index contributed by atoms with van der Waals surface area (Å²) in [7, 11) is -2.87. The van der Waals surface area contributed by atoms with E-state index in [0.29, 0.717) is 11.4 Å². The molecule has 2 N–H and O–H groups in total. The van der Waals surface area contributed by atoms with Gasteiger partial charge in [0.1, 0.15) is 5.75 Å². The third-order valence-electron chi connectivity index (χ3n) is 1.74. The van der Waals surface area contributed by atoms with Crippen LogP contribution in [-0.2, 0) is 11.0 Å². The van der Waals surface area contributed by atoms with Crippen molar-refractivity contribution in [2.45, 2.75) is 13.8 Å². The first-order valence-electron chi connectivity index (χ1n) is 3.70. The van der Waals surface area contributed by atoms with Gasteiger partial charge in [-0.05, 0) is 25.0 Å². The maximum atomic E-state index is 10.3. The molecule has 0 saturated carbocycles. The summed E-state index contributed by atoms with van der Waals surface area (Å²) in [6.07, 6.45) is 0. The standard InChI is InChI=1S/C8H11NO3S/c1-5-3-6(2)8(4-7(5)9)12-13(10)11/h3-4,13H,9H2,1-2H3. The van der Waals surface area contributed by atoms with Crippen molar-refractivity contribution in [1.82, 2.24) is 0 Å². The van der Waals surface area contributed by atoms with E-state index in [1.165, 1.54) is 6.07 Å². The summed E-state index contributed by atoms with van der Waals surface area (Å²) in [6, 6.07) is 3.29. The van der Waals surface area contributed by atoms with Crippen molar-refractivity contribution < 1.29 is 12.6 Å². The molecule has 4 nitrogen and oxygen atoms in total. The van der Waals surface area contributed by atoms with Crippen LogP contribution in [0.5, 0.6) is 5.75 Å². The van der Waals surface area contributed by atoms with Crippen molar-refractivity contribution >= 4 is 16.7 Å². The maximum absolute atomic E-state index is 10.3. The van der Waals surface area contributed by atoms with Crippen molar-refractivity contribution in [1.29, 1.82) is 0 Å². The van der Waals surface area contributed by atoms with Crippen LogP contribution in [0.2, 0.25) is 0 Å². The number of anilines is 1. The molecule has 1 aromatic rings. The fourth-order valence-electron chi connectivity index (χ4n) is 1.03. The van der Waals surface area contributed by atoms with Crippen LogP contribution in [-0.4, -0.2) is 8.42 Å². The molecule has 0 aliphatic rings. The van der Waals surface area contributed by atoms with E-state index in [1.807, 2.05) is 6.92 Å². The maximum Gasteiger partial charge on any atom is 0.299 e. The minimum absolute atomic E-state index is 0.291. The SMILES string of the molecule is Cc1cc(C)c(O[SH](=O)=O)cc1N. The Morgan fingerprint density at radius 2 is 1.85 bits per heavy atom. The van der Waals surface area contributed by atoms with Gasteiger partial charge in [-0.15, -0.1) is 0 Å². The number of thiol groups is 1. The van der Waals surface area contributed by atoms with Crippen molar-refractivity contribution in [3.05, 3.63) is 23.3 Å². The van der Waals surface area contributed by atoms with E-state index in [2.05, 4.69) is 4.18 Å². The Morgan fingerprint density at radius 1 is 1.23 bits per heavy atom. The fourth-order valence-corrected chi connectivity index (χ4v) is 1.38. The van der Waals surface area contributed by atoms with Gasteiger partial charge in [-0.1, -0.05) is 6.07 Å². The molecule has 0 atom stereocenters. The van der Waals surface area contributed by atoms with Crippen LogP contribution in [0.4, 0.5) is 5.69 Å². The number of benzene rings is 1. The molecule has 0 bridgehead atoms. The molecule has 0 aromatic heterocycles. The molecule has 0 heterocycles. The average Bonchev–Trinajstić information content (AvgIpc) is 1.99. The van der Waals surface area contributed by atoms with Gasteiger partial charge in [-0.3, -0.25) is 0 Å². The van der Waals surface area contributed by atoms with E-state index < -0.39 is 11.0 Å². The van der Waals surface area contributed by atoms with Gasteiger partial charge in [0.25, 0.3) is 11.0 Å². The second kappa shape index (κ2) is 3.66. The first kappa shape index (κ1) is 9.85. The summed E-state index contributed by atoms with van der Waals surface area (Å²) in [6.45, 7) is 3.62. The molecular weight excluding hydrogens is 190 g/mol. The van der Waals surface area contributed by atoms with Crippen LogP contribution < -0.4 is 9.92 Å². The fraction of sp³-hybridized carbons (Fsp3) is 0.250. The molecule has 0 spiro atoms. The molecule has 0 amide bonds. The minimum atomic E-state index is -2.87. The molecule has 0 radical (unpaired) electrons. The number of aryl methyl sites for hydroxylation is 2. The van der Waals surface area contributed by atoms with Gasteiger partial charge in [-0.25, -0.2) is 0 Å². The van der Waals surface area contributed by atoms with Crippen molar-refractivity contribution in [2.24, 2.45) is 0 Å². The molecule has 72 valence electrons. The van der Waals surface area contributed by atoms with Crippen LogP contribution in [0.3, 0.4) is 0 Å². The summed E-state index contributed by atoms with van der Waals surface area (Å²) in [5, 5.41) is 0. The lowest BCUT2D eigenvalue weighted by Crippen LogP contribution is -1.96. The normalized spacial score (nSPS) is 10.4. The van der Waals surface area contributed by atoms with Gasteiger partial charge in [0.05, 0.1) is 0 Å². The van der Waals surface area contributed by atoms with Crippen LogP contribution >= 0.6 is 0 Å². The summed E-state index contributed by atoms with van der Waals surface area (Å²) in [4.78, 5) is 0. The van der Waals surface area contributed by atoms with E-state index >= 15 is 0 Å². The van der Waals surface area contributed by atoms with Gasteiger partial charge < -0.3 is 9.92 Å². The Labute approximate surface area is 78.5 Å². The predicted octanol–water partition coefficient (Wildman–Crippen LogP) is 0.791. The molecule has 1 rings (SSSR count). The third-order valence-corrected chi connectivity index (χ3v) is 2.08. The molecule has 0 aliphatic heterocycles. The summed E-state index contributed by atoms with van der Waals surface area (Å²) in [5.74, 6) is 0.291. The summed E-state index contributed by atoms with van der Waals surface area (Å²) < 4.78 is 25.1. The molecule has 0 unspecified atom stereocenters. The lowest BCUT2D eigenvalue weighted by Gasteiger charge is -2.06. The molecule has 0 saturated heterocycles. The second-order valence-electron chi connectivity index (χ2n) is 2.79. The average molecular weight is 201 g/mol. The third kappa shape index (κ3) is 2.35. The van der Waals surface area contributed by atoms with E-state index in [4.69, 9.17) is 5.73 Å². The van der Waals surface area contributed by atoms with E-state index in [1.54, 1.807) is 13.0 Å². The summed E-state index contributed by atoms with van der Waals surface area (Å²) >= 11 is 0. The highest BCUT2D eigenvalue weighted by molar-refractivity contribution is 7.67. The highest BCUT2D eigenvalue weighted by atomic mass is 32.2. The van der Waals surface area contributed by atoms with Crippen molar-refractivity contribution in [3.63, 3.8) is 0 Å². The highest BCUT2D eigenvalue weighted by Gasteiger charge is 2.03. The monoisotopic (exact) mass is 201 g/mol. The number of rotatable bonds is 2. The molecule has 0 aliphatic carbocycles. The quantitative estimate of drug-likeness (QED) is 0.548. The second-order valence-corrected chi connectivity index (χ2v) is 3.42. The zero-order valence-electron chi connectivity index (χ0n) is 7.40. The molecule has 5 heteroatoms. The van der Waals surface area contributed by atoms with Crippen LogP contribution in [0, 0.1) is 13.8 Å². The van der Waals surface area contributed by atoms with Gasteiger partial charge in [-0.2, -0.15) is 8.42 Å². The first-order chi connectivity index (χ1) is 6.00. The lowest BCUT2D eigenvalue weighted by atomic mass is 10.1. The zero-order valence-corrected chi connectivity index (χ0v) is 8.30. The van der Waals surface area contributed by atoms with E-state index in [9.17, 15) is 8.42 Å². The predicted molar refractivity (Wildman–Crippen MR) is 51.3 cm³/mol. The van der Waals surface area contributed by atoms with Gasteiger partial charge in [0.2, 0.25) is 0 Å². The zero-order chi connectivity index (χ0) is 10.0. The Morgan fingerprint density at radius 3 is 2.38 bits per heavy atom. The largest absolute Gasteiger partial charge is 0.398 e. The lowest BCUT2D eigenvalue weighted by molar-refractivity contribution is 0.508. The van der Waals surface area contributed by atoms with Crippen LogP contribution in [0.1, 0.15) is 11.1 Å². The number of hydrogen-bond donors (Lipinski definition) is 2. The Hall–Kier alpha value is -1.23. The molecular formula is C8H11NO3S. The van der Waals surface area contributed by atoms with E-state index in [0.717, 1.165) is 11.1 Å². The van der Waals surface area contributed by atoms with Crippen molar-refractivity contribution in [2.75, 3.05) is 5.73 Å². The Kier molecular flexibility index (Phi) is 2.77. The summed E-state index contributed by atoms with van der Waals surface area (Å²) in [5.41, 5.74) is 7.78. The molecule has 1 aromatic carbocycles. The molecule has 0 fully saturated rings. The van der Waals surface area contributed by atoms with Gasteiger partial charge >= 0.3 is 0 Å².